The quantitative estimate of drug-likeness (QED) is 0.618. The first kappa shape index (κ1) is 22.9. The smallest absolute Gasteiger partial charge is 0.331 e. The van der Waals surface area contributed by atoms with Gasteiger partial charge in [0.1, 0.15) is 11.6 Å². The van der Waals surface area contributed by atoms with E-state index in [2.05, 4.69) is 10.6 Å². The number of ether oxygens (including phenoxy) is 2. The van der Waals surface area contributed by atoms with Crippen LogP contribution in [0.4, 0.5) is 0 Å². The average Bonchev–Trinajstić information content (AvgIpc) is 3.24. The van der Waals surface area contributed by atoms with Crippen LogP contribution in [0.2, 0.25) is 0 Å². The summed E-state index contributed by atoms with van der Waals surface area (Å²) in [6.07, 6.45) is 3.58. The van der Waals surface area contributed by atoms with E-state index in [0.29, 0.717) is 17.7 Å². The maximum Gasteiger partial charge on any atom is 0.331 e. The Balaban J connectivity index is 1.93. The Kier molecular flexibility index (Phi) is 8.19. The number of methoxy groups -OCH3 is 1. The lowest BCUT2D eigenvalue weighted by Gasteiger charge is -2.35. The molecule has 0 spiro atoms. The van der Waals surface area contributed by atoms with E-state index in [4.69, 9.17) is 9.47 Å². The van der Waals surface area contributed by atoms with Crippen LogP contribution in [-0.2, 0) is 23.9 Å². The number of esters is 2. The van der Waals surface area contributed by atoms with Crippen LogP contribution in [0, 0.1) is 5.92 Å². The van der Waals surface area contributed by atoms with Crippen molar-refractivity contribution < 1.29 is 28.7 Å². The lowest BCUT2D eigenvalue weighted by Crippen LogP contribution is -2.57. The minimum atomic E-state index is -1.07. The number of nitrogens with one attached hydrogen (secondary N) is 2. The molecule has 1 aromatic rings. The second-order valence-electron chi connectivity index (χ2n) is 7.46. The van der Waals surface area contributed by atoms with Gasteiger partial charge in [-0.25, -0.2) is 9.59 Å². The van der Waals surface area contributed by atoms with Crippen molar-refractivity contribution in [2.75, 3.05) is 13.7 Å². The highest BCUT2D eigenvalue weighted by Gasteiger charge is 2.42. The van der Waals surface area contributed by atoms with Crippen LogP contribution in [-0.4, -0.2) is 49.1 Å². The zero-order chi connectivity index (χ0) is 21.4. The Labute approximate surface area is 174 Å². The van der Waals surface area contributed by atoms with Crippen molar-refractivity contribution in [1.82, 2.24) is 10.6 Å². The van der Waals surface area contributed by atoms with Crippen molar-refractivity contribution in [3.63, 3.8) is 0 Å². The van der Waals surface area contributed by atoms with Crippen LogP contribution in [0.5, 0.6) is 0 Å². The molecule has 0 aromatic carbocycles. The summed E-state index contributed by atoms with van der Waals surface area (Å²) in [5.74, 6) is -2.35. The van der Waals surface area contributed by atoms with E-state index in [1.165, 1.54) is 18.4 Å². The molecule has 8 nitrogen and oxygen atoms in total. The number of amides is 2. The zero-order valence-corrected chi connectivity index (χ0v) is 17.8. The monoisotopic (exact) mass is 424 g/mol. The van der Waals surface area contributed by atoms with E-state index < -0.39 is 36.0 Å². The van der Waals surface area contributed by atoms with Crippen LogP contribution in [0.3, 0.4) is 0 Å². The van der Waals surface area contributed by atoms with Crippen LogP contribution in [0.25, 0.3) is 0 Å². The number of thiophene rings is 1. The summed E-state index contributed by atoms with van der Waals surface area (Å²) in [6, 6.07) is 2.52. The molecule has 1 aliphatic carbocycles. The van der Waals surface area contributed by atoms with E-state index in [1.54, 1.807) is 31.4 Å². The van der Waals surface area contributed by atoms with Gasteiger partial charge >= 0.3 is 11.9 Å². The Bertz CT molecular complexity index is 725. The fourth-order valence-corrected chi connectivity index (χ4v) is 4.00. The third-order valence-electron chi connectivity index (χ3n) is 4.96. The van der Waals surface area contributed by atoms with Crippen molar-refractivity contribution in [1.29, 1.82) is 0 Å². The molecular weight excluding hydrogens is 396 g/mol. The predicted molar refractivity (Wildman–Crippen MR) is 107 cm³/mol. The maximum atomic E-state index is 12.5. The molecule has 1 fully saturated rings. The Morgan fingerprint density at radius 1 is 1.17 bits per heavy atom. The summed E-state index contributed by atoms with van der Waals surface area (Å²) in [7, 11) is 1.29. The van der Waals surface area contributed by atoms with Crippen LogP contribution < -0.4 is 10.6 Å². The first-order valence-corrected chi connectivity index (χ1v) is 10.6. The van der Waals surface area contributed by atoms with Crippen LogP contribution in [0.1, 0.15) is 55.6 Å². The lowest BCUT2D eigenvalue weighted by molar-refractivity contribution is -0.156. The van der Waals surface area contributed by atoms with E-state index in [0.717, 1.165) is 19.3 Å². The van der Waals surface area contributed by atoms with Gasteiger partial charge in [-0.1, -0.05) is 39.2 Å². The standard InChI is InChI=1S/C20H28N2O6S/c1-13(2)16(21-17(24)14-8-7-11-29-14)18(25)28-12-15(23)22-20(19(26)27-3)9-5-4-6-10-20/h7-8,11,13,16H,4-6,9-10,12H2,1-3H3,(H,21,24)(H,22,23). The van der Waals surface area contributed by atoms with Gasteiger partial charge in [0, 0.05) is 0 Å². The molecule has 0 saturated heterocycles. The molecule has 1 aliphatic rings. The number of carbonyl (C=O) groups excluding carboxylic acids is 4. The Morgan fingerprint density at radius 2 is 1.86 bits per heavy atom. The zero-order valence-electron chi connectivity index (χ0n) is 17.0. The molecule has 0 bridgehead atoms. The molecule has 1 aromatic heterocycles. The molecule has 29 heavy (non-hydrogen) atoms. The molecule has 0 radical (unpaired) electrons. The highest BCUT2D eigenvalue weighted by atomic mass is 32.1. The van der Waals surface area contributed by atoms with Gasteiger partial charge in [-0.05, 0) is 30.2 Å². The van der Waals surface area contributed by atoms with Crippen molar-refractivity contribution in [2.45, 2.75) is 57.5 Å². The molecule has 2 N–H and O–H groups in total. The molecule has 1 atom stereocenters. The van der Waals surface area contributed by atoms with Crippen molar-refractivity contribution in [3.8, 4) is 0 Å². The van der Waals surface area contributed by atoms with E-state index in [-0.39, 0.29) is 11.8 Å². The Morgan fingerprint density at radius 3 is 2.41 bits per heavy atom. The number of carbonyl (C=O) groups is 4. The summed E-state index contributed by atoms with van der Waals surface area (Å²) in [5, 5.41) is 7.11. The topological polar surface area (TPSA) is 111 Å². The average molecular weight is 425 g/mol. The van der Waals surface area contributed by atoms with Gasteiger partial charge in [0.15, 0.2) is 6.61 Å². The summed E-state index contributed by atoms with van der Waals surface area (Å²) < 4.78 is 9.99. The van der Waals surface area contributed by atoms with Gasteiger partial charge in [0.25, 0.3) is 11.8 Å². The molecule has 2 rings (SSSR count). The number of hydrogen-bond donors (Lipinski definition) is 2. The van der Waals surface area contributed by atoms with Gasteiger partial charge in [0.2, 0.25) is 0 Å². The van der Waals surface area contributed by atoms with Gasteiger partial charge in [-0.3, -0.25) is 9.59 Å². The largest absolute Gasteiger partial charge is 0.467 e. The molecule has 1 unspecified atom stereocenters. The predicted octanol–water partition coefficient (Wildman–Crippen LogP) is 2.04. The van der Waals surface area contributed by atoms with E-state index in [1.807, 2.05) is 0 Å². The second kappa shape index (κ2) is 10.4. The van der Waals surface area contributed by atoms with E-state index >= 15 is 0 Å². The molecule has 9 heteroatoms. The highest BCUT2D eigenvalue weighted by molar-refractivity contribution is 7.12. The van der Waals surface area contributed by atoms with Gasteiger partial charge in [-0.2, -0.15) is 0 Å². The fraction of sp³-hybridized carbons (Fsp3) is 0.600. The SMILES string of the molecule is COC(=O)C1(NC(=O)COC(=O)C(NC(=O)c2cccs2)C(C)C)CCCCC1. The summed E-state index contributed by atoms with van der Waals surface area (Å²) in [4.78, 5) is 49.7. The third kappa shape index (κ3) is 6.03. The number of rotatable bonds is 8. The van der Waals surface area contributed by atoms with Gasteiger partial charge in [0.05, 0.1) is 12.0 Å². The normalized spacial score (nSPS) is 16.6. The van der Waals surface area contributed by atoms with Crippen molar-refractivity contribution >= 4 is 35.1 Å². The van der Waals surface area contributed by atoms with Crippen molar-refractivity contribution in [2.24, 2.45) is 5.92 Å². The molecule has 1 saturated carbocycles. The van der Waals surface area contributed by atoms with Crippen molar-refractivity contribution in [3.05, 3.63) is 22.4 Å². The highest BCUT2D eigenvalue weighted by Crippen LogP contribution is 2.29. The van der Waals surface area contributed by atoms with Crippen LogP contribution in [0.15, 0.2) is 17.5 Å². The molecule has 160 valence electrons. The summed E-state index contributed by atoms with van der Waals surface area (Å²) in [5.41, 5.74) is -1.07. The molecular formula is C20H28N2O6S. The summed E-state index contributed by atoms with van der Waals surface area (Å²) >= 11 is 1.27. The lowest BCUT2D eigenvalue weighted by atomic mass is 9.81. The molecule has 2 amide bonds. The number of hydrogen-bond acceptors (Lipinski definition) is 7. The fourth-order valence-electron chi connectivity index (χ4n) is 3.38. The third-order valence-corrected chi connectivity index (χ3v) is 5.83. The first-order chi connectivity index (χ1) is 13.8. The molecule has 0 aliphatic heterocycles. The van der Waals surface area contributed by atoms with Gasteiger partial charge < -0.3 is 20.1 Å². The first-order valence-electron chi connectivity index (χ1n) is 9.69. The van der Waals surface area contributed by atoms with E-state index in [9.17, 15) is 19.2 Å². The minimum Gasteiger partial charge on any atom is -0.467 e. The summed E-state index contributed by atoms with van der Waals surface area (Å²) in [6.45, 7) is 3.01. The second-order valence-corrected chi connectivity index (χ2v) is 8.41. The molecule has 1 heterocycles. The van der Waals surface area contributed by atoms with Crippen LogP contribution >= 0.6 is 11.3 Å². The van der Waals surface area contributed by atoms with Gasteiger partial charge in [-0.15, -0.1) is 11.3 Å². The Hall–Kier alpha value is -2.42. The maximum absolute atomic E-state index is 12.5. The minimum absolute atomic E-state index is 0.228.